The molecule has 1 aromatic heterocycles. The van der Waals surface area contributed by atoms with E-state index in [1.165, 1.54) is 6.20 Å². The molecule has 2 aliphatic rings. The van der Waals surface area contributed by atoms with Crippen LogP contribution in [-0.2, 0) is 4.79 Å². The first-order valence-corrected chi connectivity index (χ1v) is 8.91. The number of hydrogen-bond acceptors (Lipinski definition) is 6. The second kappa shape index (κ2) is 7.77. The molecule has 2 fully saturated rings. The molecule has 1 aromatic rings. The molecule has 2 saturated heterocycles. The van der Waals surface area contributed by atoms with E-state index in [0.29, 0.717) is 18.0 Å². The number of nitro groups is 1. The minimum Gasteiger partial charge on any atom is -0.356 e. The average molecular weight is 347 g/mol. The first kappa shape index (κ1) is 17.6. The van der Waals surface area contributed by atoms with Crippen LogP contribution >= 0.6 is 0 Å². The van der Waals surface area contributed by atoms with Gasteiger partial charge < -0.3 is 15.5 Å². The standard InChI is InChI=1S/C17H25N5O3/c1-12-8-16(19-10-15(12)22(24)25)21-7-3-4-13(11-21)9-20-17(23)14-5-2-6-18-14/h8,10,13-14,18H,2-7,9,11H2,1H3,(H,20,23). The Balaban J connectivity index is 1.56. The van der Waals surface area contributed by atoms with Crippen LogP contribution in [-0.4, -0.2) is 48.0 Å². The number of amides is 1. The number of piperidine rings is 1. The summed E-state index contributed by atoms with van der Waals surface area (Å²) >= 11 is 0. The number of carbonyl (C=O) groups is 1. The Morgan fingerprint density at radius 3 is 3.00 bits per heavy atom. The molecular weight excluding hydrogens is 322 g/mol. The smallest absolute Gasteiger partial charge is 0.290 e. The van der Waals surface area contributed by atoms with Gasteiger partial charge in [-0.25, -0.2) is 4.98 Å². The van der Waals surface area contributed by atoms with E-state index >= 15 is 0 Å². The second-order valence-electron chi connectivity index (χ2n) is 6.93. The molecule has 2 unspecified atom stereocenters. The molecular formula is C17H25N5O3. The lowest BCUT2D eigenvalue weighted by molar-refractivity contribution is -0.385. The van der Waals surface area contributed by atoms with Gasteiger partial charge in [0.2, 0.25) is 5.91 Å². The van der Waals surface area contributed by atoms with Crippen LogP contribution in [0.2, 0.25) is 0 Å². The monoisotopic (exact) mass is 347 g/mol. The summed E-state index contributed by atoms with van der Waals surface area (Å²) in [5.74, 6) is 1.24. The number of anilines is 1. The summed E-state index contributed by atoms with van der Waals surface area (Å²) in [7, 11) is 0. The molecule has 0 bridgehead atoms. The Labute approximate surface area is 147 Å². The van der Waals surface area contributed by atoms with Crippen LogP contribution in [0.25, 0.3) is 0 Å². The summed E-state index contributed by atoms with van der Waals surface area (Å²) in [6, 6.07) is 1.74. The van der Waals surface area contributed by atoms with E-state index < -0.39 is 4.92 Å². The highest BCUT2D eigenvalue weighted by atomic mass is 16.6. The van der Waals surface area contributed by atoms with Gasteiger partial charge in [0.1, 0.15) is 12.0 Å². The molecule has 8 nitrogen and oxygen atoms in total. The molecule has 3 rings (SSSR count). The molecule has 0 spiro atoms. The van der Waals surface area contributed by atoms with Crippen molar-refractivity contribution in [3.05, 3.63) is 27.9 Å². The number of pyridine rings is 1. The lowest BCUT2D eigenvalue weighted by Crippen LogP contribution is -2.45. The van der Waals surface area contributed by atoms with Crippen molar-refractivity contribution in [2.45, 2.75) is 38.6 Å². The van der Waals surface area contributed by atoms with Crippen molar-refractivity contribution in [1.82, 2.24) is 15.6 Å². The number of carbonyl (C=O) groups excluding carboxylic acids is 1. The van der Waals surface area contributed by atoms with E-state index in [1.807, 2.05) is 0 Å². The lowest BCUT2D eigenvalue weighted by atomic mass is 9.97. The number of nitrogens with one attached hydrogen (secondary N) is 2. The maximum atomic E-state index is 12.1. The number of rotatable bonds is 5. The van der Waals surface area contributed by atoms with E-state index in [2.05, 4.69) is 20.5 Å². The Kier molecular flexibility index (Phi) is 5.47. The lowest BCUT2D eigenvalue weighted by Gasteiger charge is -2.34. The average Bonchev–Trinajstić information content (AvgIpc) is 3.14. The zero-order chi connectivity index (χ0) is 17.8. The number of hydrogen-bond donors (Lipinski definition) is 2. The van der Waals surface area contributed by atoms with Crippen LogP contribution in [0.4, 0.5) is 11.5 Å². The second-order valence-corrected chi connectivity index (χ2v) is 6.93. The Bertz CT molecular complexity index is 645. The van der Waals surface area contributed by atoms with Gasteiger partial charge in [-0.2, -0.15) is 0 Å². The van der Waals surface area contributed by atoms with Crippen LogP contribution in [0.3, 0.4) is 0 Å². The third kappa shape index (κ3) is 4.25. The van der Waals surface area contributed by atoms with Crippen LogP contribution < -0.4 is 15.5 Å². The van der Waals surface area contributed by atoms with Crippen LogP contribution in [0.15, 0.2) is 12.3 Å². The van der Waals surface area contributed by atoms with Crippen molar-refractivity contribution >= 4 is 17.4 Å². The number of nitrogens with zero attached hydrogens (tertiary/aromatic N) is 3. The summed E-state index contributed by atoms with van der Waals surface area (Å²) < 4.78 is 0. The molecule has 25 heavy (non-hydrogen) atoms. The number of aromatic nitrogens is 1. The van der Waals surface area contributed by atoms with Gasteiger partial charge in [0, 0.05) is 25.2 Å². The fraction of sp³-hybridized carbons (Fsp3) is 0.647. The van der Waals surface area contributed by atoms with Crippen LogP contribution in [0.5, 0.6) is 0 Å². The van der Waals surface area contributed by atoms with Gasteiger partial charge >= 0.3 is 0 Å². The molecule has 0 saturated carbocycles. The van der Waals surface area contributed by atoms with Gasteiger partial charge in [0.25, 0.3) is 5.69 Å². The number of aryl methyl sites for hydroxylation is 1. The largest absolute Gasteiger partial charge is 0.356 e. The predicted molar refractivity (Wildman–Crippen MR) is 94.6 cm³/mol. The van der Waals surface area contributed by atoms with Gasteiger partial charge in [-0.05, 0) is 51.1 Å². The fourth-order valence-electron chi connectivity index (χ4n) is 3.61. The summed E-state index contributed by atoms with van der Waals surface area (Å²) in [6.07, 6.45) is 5.40. The van der Waals surface area contributed by atoms with Crippen molar-refractivity contribution in [2.24, 2.45) is 5.92 Å². The zero-order valence-corrected chi connectivity index (χ0v) is 14.5. The van der Waals surface area contributed by atoms with Crippen molar-refractivity contribution in [3.63, 3.8) is 0 Å². The summed E-state index contributed by atoms with van der Waals surface area (Å²) in [6.45, 7) is 5.01. The van der Waals surface area contributed by atoms with E-state index in [1.54, 1.807) is 13.0 Å². The van der Waals surface area contributed by atoms with Gasteiger partial charge in [-0.15, -0.1) is 0 Å². The molecule has 2 aliphatic heterocycles. The topological polar surface area (TPSA) is 100 Å². The van der Waals surface area contributed by atoms with E-state index in [0.717, 1.165) is 51.1 Å². The van der Waals surface area contributed by atoms with E-state index in [-0.39, 0.29) is 17.6 Å². The van der Waals surface area contributed by atoms with Crippen LogP contribution in [0.1, 0.15) is 31.2 Å². The maximum absolute atomic E-state index is 12.1. The minimum atomic E-state index is -0.405. The van der Waals surface area contributed by atoms with Crippen molar-refractivity contribution in [3.8, 4) is 0 Å². The van der Waals surface area contributed by atoms with Crippen molar-refractivity contribution in [1.29, 1.82) is 0 Å². The highest BCUT2D eigenvalue weighted by Gasteiger charge is 2.25. The zero-order valence-electron chi connectivity index (χ0n) is 14.5. The fourth-order valence-corrected chi connectivity index (χ4v) is 3.61. The first-order chi connectivity index (χ1) is 12.0. The molecule has 136 valence electrons. The third-order valence-corrected chi connectivity index (χ3v) is 5.05. The summed E-state index contributed by atoms with van der Waals surface area (Å²) in [5.41, 5.74) is 0.673. The normalized spacial score (nSPS) is 23.5. The SMILES string of the molecule is Cc1cc(N2CCCC(CNC(=O)C3CCCN3)C2)ncc1[N+](=O)[O-]. The molecule has 2 N–H and O–H groups in total. The molecule has 8 heteroatoms. The van der Waals surface area contributed by atoms with E-state index in [4.69, 9.17) is 0 Å². The van der Waals surface area contributed by atoms with Gasteiger partial charge in [-0.3, -0.25) is 14.9 Å². The third-order valence-electron chi connectivity index (χ3n) is 5.05. The molecule has 0 radical (unpaired) electrons. The Morgan fingerprint density at radius 1 is 1.48 bits per heavy atom. The summed E-state index contributed by atoms with van der Waals surface area (Å²) in [5, 5.41) is 17.2. The van der Waals surface area contributed by atoms with Gasteiger partial charge in [-0.1, -0.05) is 0 Å². The molecule has 0 aliphatic carbocycles. The highest BCUT2D eigenvalue weighted by molar-refractivity contribution is 5.82. The Morgan fingerprint density at radius 2 is 2.32 bits per heavy atom. The van der Waals surface area contributed by atoms with Crippen LogP contribution in [0, 0.1) is 23.0 Å². The quantitative estimate of drug-likeness (QED) is 0.616. The van der Waals surface area contributed by atoms with Gasteiger partial charge in [0.15, 0.2) is 0 Å². The van der Waals surface area contributed by atoms with E-state index in [9.17, 15) is 14.9 Å². The van der Waals surface area contributed by atoms with Gasteiger partial charge in [0.05, 0.1) is 11.0 Å². The first-order valence-electron chi connectivity index (χ1n) is 8.91. The molecule has 2 atom stereocenters. The molecule has 3 heterocycles. The summed E-state index contributed by atoms with van der Waals surface area (Å²) in [4.78, 5) is 29.1. The maximum Gasteiger partial charge on any atom is 0.290 e. The Hall–Kier alpha value is -2.22. The highest BCUT2D eigenvalue weighted by Crippen LogP contribution is 2.25. The molecule has 0 aromatic carbocycles. The van der Waals surface area contributed by atoms with Crippen molar-refractivity contribution in [2.75, 3.05) is 31.1 Å². The predicted octanol–water partition coefficient (Wildman–Crippen LogP) is 1.38. The van der Waals surface area contributed by atoms with Crippen molar-refractivity contribution < 1.29 is 9.72 Å². The molecule has 1 amide bonds. The minimum absolute atomic E-state index is 0.0429.